The molecule has 1 fully saturated rings. The molecule has 14 heavy (non-hydrogen) atoms. The van der Waals surface area contributed by atoms with Gasteiger partial charge in [0.15, 0.2) is 0 Å². The van der Waals surface area contributed by atoms with Gasteiger partial charge in [-0.2, -0.15) is 0 Å². The maximum atomic E-state index is 3.63. The Balaban J connectivity index is 1.98. The Hall–Kier alpha value is -0.0400. The molecule has 1 heteroatoms. The topological polar surface area (TPSA) is 12.0 Å². The second kappa shape index (κ2) is 6.44. The molecule has 2 atom stereocenters. The van der Waals surface area contributed by atoms with Crippen LogP contribution in [0.25, 0.3) is 0 Å². The molecule has 0 aliphatic heterocycles. The number of hydrogen-bond acceptors (Lipinski definition) is 1. The van der Waals surface area contributed by atoms with Crippen molar-refractivity contribution in [2.75, 3.05) is 6.54 Å². The fraction of sp³-hybridized carbons (Fsp3) is 1.00. The first-order valence-corrected chi connectivity index (χ1v) is 6.47. The predicted octanol–water partition coefficient (Wildman–Crippen LogP) is 3.59. The van der Waals surface area contributed by atoms with E-state index in [2.05, 4.69) is 26.1 Å². The molecule has 0 spiro atoms. The van der Waals surface area contributed by atoms with Crippen molar-refractivity contribution in [2.24, 2.45) is 11.8 Å². The van der Waals surface area contributed by atoms with Gasteiger partial charge in [-0.15, -0.1) is 0 Å². The molecule has 1 rings (SSSR count). The standard InChI is InChI=1S/C13H27N/c1-4-5-6-7-11(2)12(3)10-14-13-8-9-13/h11-14H,4-10H2,1-3H3. The van der Waals surface area contributed by atoms with Crippen molar-refractivity contribution in [2.45, 2.75) is 65.3 Å². The maximum Gasteiger partial charge on any atom is 0.00683 e. The normalized spacial score (nSPS) is 20.8. The van der Waals surface area contributed by atoms with Crippen LogP contribution in [0.4, 0.5) is 0 Å². The van der Waals surface area contributed by atoms with Crippen molar-refractivity contribution in [3.8, 4) is 0 Å². The Kier molecular flexibility index (Phi) is 5.54. The van der Waals surface area contributed by atoms with E-state index in [0.29, 0.717) is 0 Å². The van der Waals surface area contributed by atoms with Gasteiger partial charge in [-0.25, -0.2) is 0 Å². The van der Waals surface area contributed by atoms with Crippen LogP contribution < -0.4 is 5.32 Å². The summed E-state index contributed by atoms with van der Waals surface area (Å²) in [6, 6.07) is 0.875. The monoisotopic (exact) mass is 197 g/mol. The van der Waals surface area contributed by atoms with Gasteiger partial charge in [0.1, 0.15) is 0 Å². The van der Waals surface area contributed by atoms with Crippen molar-refractivity contribution < 1.29 is 0 Å². The quantitative estimate of drug-likeness (QED) is 0.586. The highest BCUT2D eigenvalue weighted by atomic mass is 14.9. The van der Waals surface area contributed by atoms with Crippen LogP contribution in [0, 0.1) is 11.8 Å². The molecule has 1 nitrogen and oxygen atoms in total. The molecule has 1 saturated carbocycles. The van der Waals surface area contributed by atoms with Crippen molar-refractivity contribution in [1.82, 2.24) is 5.32 Å². The Morgan fingerprint density at radius 3 is 2.43 bits per heavy atom. The van der Waals surface area contributed by atoms with E-state index in [-0.39, 0.29) is 0 Å². The lowest BCUT2D eigenvalue weighted by atomic mass is 9.90. The van der Waals surface area contributed by atoms with E-state index in [4.69, 9.17) is 0 Å². The zero-order valence-electron chi connectivity index (χ0n) is 10.2. The first-order valence-electron chi connectivity index (χ1n) is 6.47. The number of hydrogen-bond donors (Lipinski definition) is 1. The van der Waals surface area contributed by atoms with Crippen LogP contribution in [0.5, 0.6) is 0 Å². The molecule has 1 N–H and O–H groups in total. The van der Waals surface area contributed by atoms with Gasteiger partial charge >= 0.3 is 0 Å². The van der Waals surface area contributed by atoms with Crippen LogP contribution in [0.2, 0.25) is 0 Å². The molecular weight excluding hydrogens is 170 g/mol. The van der Waals surface area contributed by atoms with E-state index in [1.807, 2.05) is 0 Å². The first-order chi connectivity index (χ1) is 6.74. The molecule has 2 unspecified atom stereocenters. The molecule has 0 aromatic heterocycles. The summed E-state index contributed by atoms with van der Waals surface area (Å²) < 4.78 is 0. The summed E-state index contributed by atoms with van der Waals surface area (Å²) in [4.78, 5) is 0. The lowest BCUT2D eigenvalue weighted by Gasteiger charge is -2.20. The Bertz CT molecular complexity index is 140. The molecule has 0 radical (unpaired) electrons. The summed E-state index contributed by atoms with van der Waals surface area (Å²) in [6.07, 6.45) is 8.43. The third-order valence-electron chi connectivity index (χ3n) is 3.54. The molecule has 0 amide bonds. The fourth-order valence-corrected chi connectivity index (χ4v) is 1.84. The van der Waals surface area contributed by atoms with Gasteiger partial charge in [0.05, 0.1) is 0 Å². The summed E-state index contributed by atoms with van der Waals surface area (Å²) in [6.45, 7) is 8.32. The van der Waals surface area contributed by atoms with E-state index in [9.17, 15) is 0 Å². The molecule has 0 saturated heterocycles. The first kappa shape index (κ1) is 12.0. The highest BCUT2D eigenvalue weighted by Gasteiger charge is 2.22. The summed E-state index contributed by atoms with van der Waals surface area (Å²) >= 11 is 0. The van der Waals surface area contributed by atoms with Crippen LogP contribution >= 0.6 is 0 Å². The SMILES string of the molecule is CCCCCC(C)C(C)CNC1CC1. The smallest absolute Gasteiger partial charge is 0.00683 e. The van der Waals surface area contributed by atoms with E-state index < -0.39 is 0 Å². The molecule has 0 heterocycles. The summed E-state index contributed by atoms with van der Waals surface area (Å²) in [5, 5.41) is 3.63. The third kappa shape index (κ3) is 4.99. The van der Waals surface area contributed by atoms with Crippen molar-refractivity contribution in [1.29, 1.82) is 0 Å². The average molecular weight is 197 g/mol. The predicted molar refractivity (Wildman–Crippen MR) is 63.5 cm³/mol. The minimum absolute atomic E-state index is 0.854. The molecule has 1 aliphatic carbocycles. The second-order valence-corrected chi connectivity index (χ2v) is 5.13. The van der Waals surface area contributed by atoms with Crippen LogP contribution in [0.3, 0.4) is 0 Å². The van der Waals surface area contributed by atoms with Crippen LogP contribution in [0.1, 0.15) is 59.3 Å². The maximum absolute atomic E-state index is 3.63. The Morgan fingerprint density at radius 2 is 1.86 bits per heavy atom. The minimum atomic E-state index is 0.854. The van der Waals surface area contributed by atoms with Gasteiger partial charge < -0.3 is 5.32 Å². The fourth-order valence-electron chi connectivity index (χ4n) is 1.84. The van der Waals surface area contributed by atoms with Crippen molar-refractivity contribution in [3.05, 3.63) is 0 Å². The van der Waals surface area contributed by atoms with Gasteiger partial charge in [-0.05, 0) is 31.2 Å². The van der Waals surface area contributed by atoms with E-state index in [0.717, 1.165) is 17.9 Å². The number of nitrogens with one attached hydrogen (secondary N) is 1. The number of unbranched alkanes of at least 4 members (excludes halogenated alkanes) is 2. The summed E-state index contributed by atoms with van der Waals surface area (Å²) in [7, 11) is 0. The van der Waals surface area contributed by atoms with Crippen molar-refractivity contribution in [3.63, 3.8) is 0 Å². The van der Waals surface area contributed by atoms with Crippen LogP contribution in [-0.4, -0.2) is 12.6 Å². The molecular formula is C13H27N. The van der Waals surface area contributed by atoms with Crippen LogP contribution in [-0.2, 0) is 0 Å². The summed E-state index contributed by atoms with van der Waals surface area (Å²) in [5.74, 6) is 1.75. The zero-order chi connectivity index (χ0) is 10.4. The van der Waals surface area contributed by atoms with Crippen molar-refractivity contribution >= 4 is 0 Å². The van der Waals surface area contributed by atoms with Gasteiger partial charge in [0.2, 0.25) is 0 Å². The average Bonchev–Trinajstić information content (AvgIpc) is 2.98. The Labute approximate surface area is 89.7 Å². The zero-order valence-corrected chi connectivity index (χ0v) is 10.2. The lowest BCUT2D eigenvalue weighted by molar-refractivity contribution is 0.336. The number of rotatable bonds is 8. The third-order valence-corrected chi connectivity index (χ3v) is 3.54. The van der Waals surface area contributed by atoms with Gasteiger partial charge in [0.25, 0.3) is 0 Å². The molecule has 84 valence electrons. The van der Waals surface area contributed by atoms with E-state index in [1.54, 1.807) is 0 Å². The second-order valence-electron chi connectivity index (χ2n) is 5.13. The lowest BCUT2D eigenvalue weighted by Crippen LogP contribution is -2.26. The minimum Gasteiger partial charge on any atom is -0.314 e. The highest BCUT2D eigenvalue weighted by Crippen LogP contribution is 2.22. The van der Waals surface area contributed by atoms with Gasteiger partial charge in [0, 0.05) is 6.04 Å². The molecule has 1 aliphatic rings. The molecule has 0 aromatic carbocycles. The summed E-state index contributed by atoms with van der Waals surface area (Å²) in [5.41, 5.74) is 0. The van der Waals surface area contributed by atoms with Gasteiger partial charge in [-0.3, -0.25) is 0 Å². The Morgan fingerprint density at radius 1 is 1.14 bits per heavy atom. The van der Waals surface area contributed by atoms with Gasteiger partial charge in [-0.1, -0.05) is 46.5 Å². The largest absolute Gasteiger partial charge is 0.314 e. The highest BCUT2D eigenvalue weighted by molar-refractivity contribution is 4.81. The molecule has 0 aromatic rings. The van der Waals surface area contributed by atoms with E-state index in [1.165, 1.54) is 45.1 Å². The van der Waals surface area contributed by atoms with E-state index >= 15 is 0 Å². The molecule has 0 bridgehead atoms. The van der Waals surface area contributed by atoms with Crippen LogP contribution in [0.15, 0.2) is 0 Å².